The number of hydrogen-bond donors (Lipinski definition) is 1. The van der Waals surface area contributed by atoms with Crippen LogP contribution in [0.1, 0.15) is 5.69 Å². The Morgan fingerprint density at radius 3 is 3.09 bits per heavy atom. The van der Waals surface area contributed by atoms with Crippen LogP contribution in [0.4, 0.5) is 0 Å². The minimum Gasteiger partial charge on any atom is -0.480 e. The van der Waals surface area contributed by atoms with Crippen LogP contribution in [0.25, 0.3) is 10.6 Å². The molecule has 0 unspecified atom stereocenters. The first kappa shape index (κ1) is 15.6. The number of hydrogen-bond acceptors (Lipinski definition) is 6. The maximum absolute atomic E-state index is 12.4. The van der Waals surface area contributed by atoms with Gasteiger partial charge in [0, 0.05) is 29.9 Å². The van der Waals surface area contributed by atoms with Gasteiger partial charge in [0.1, 0.15) is 5.01 Å². The van der Waals surface area contributed by atoms with Crippen molar-refractivity contribution in [3.8, 4) is 10.6 Å². The van der Waals surface area contributed by atoms with Gasteiger partial charge in [-0.3, -0.25) is 9.78 Å². The molecule has 1 atom stereocenters. The van der Waals surface area contributed by atoms with E-state index in [2.05, 4.69) is 9.97 Å². The summed E-state index contributed by atoms with van der Waals surface area (Å²) in [7, 11) is 0. The quantitative estimate of drug-likeness (QED) is 0.899. The van der Waals surface area contributed by atoms with Gasteiger partial charge >= 0.3 is 5.97 Å². The SMILES string of the molecule is O=C(O)[C@H]1COCCN1C(=O)Cc1csc(-c2cccnc2)n1. The number of carbonyl (C=O) groups excluding carboxylic acids is 1. The van der Waals surface area contributed by atoms with E-state index in [4.69, 9.17) is 4.74 Å². The first-order chi connectivity index (χ1) is 11.1. The molecule has 0 aliphatic carbocycles. The minimum absolute atomic E-state index is 0.0269. The summed E-state index contributed by atoms with van der Waals surface area (Å²) >= 11 is 1.44. The van der Waals surface area contributed by atoms with E-state index in [9.17, 15) is 14.7 Å². The van der Waals surface area contributed by atoms with Crippen LogP contribution >= 0.6 is 11.3 Å². The van der Waals surface area contributed by atoms with E-state index < -0.39 is 12.0 Å². The lowest BCUT2D eigenvalue weighted by molar-refractivity contribution is -0.158. The molecule has 0 spiro atoms. The number of ether oxygens (including phenoxy) is 1. The number of morpholine rings is 1. The van der Waals surface area contributed by atoms with Crippen LogP contribution in [0.15, 0.2) is 29.9 Å². The molecule has 1 N–H and O–H groups in total. The molecule has 2 aromatic heterocycles. The van der Waals surface area contributed by atoms with Crippen LogP contribution in [0.2, 0.25) is 0 Å². The number of carboxylic acids is 1. The Kier molecular flexibility index (Phi) is 4.63. The third-order valence-corrected chi connectivity index (χ3v) is 4.47. The lowest BCUT2D eigenvalue weighted by Gasteiger charge is -2.32. The van der Waals surface area contributed by atoms with Gasteiger partial charge in [0.2, 0.25) is 5.91 Å². The van der Waals surface area contributed by atoms with Crippen LogP contribution in [0.3, 0.4) is 0 Å². The molecule has 120 valence electrons. The standard InChI is InChI=1S/C15H15N3O4S/c19-13(18-4-5-22-8-12(18)15(20)21)6-11-9-23-14(17-11)10-2-1-3-16-7-10/h1-3,7,9,12H,4-6,8H2,(H,20,21)/t12-/m1/s1. The number of pyridine rings is 1. The predicted molar refractivity (Wildman–Crippen MR) is 83.0 cm³/mol. The number of aliphatic carboxylic acids is 1. The lowest BCUT2D eigenvalue weighted by atomic mass is 10.2. The van der Waals surface area contributed by atoms with Crippen molar-refractivity contribution in [2.75, 3.05) is 19.8 Å². The molecule has 1 saturated heterocycles. The molecule has 3 rings (SSSR count). The fourth-order valence-electron chi connectivity index (χ4n) is 2.37. The van der Waals surface area contributed by atoms with Crippen molar-refractivity contribution in [1.82, 2.24) is 14.9 Å². The normalized spacial score (nSPS) is 17.9. The predicted octanol–water partition coefficient (Wildman–Crippen LogP) is 1.06. The zero-order valence-electron chi connectivity index (χ0n) is 12.2. The van der Waals surface area contributed by atoms with E-state index in [0.29, 0.717) is 12.3 Å². The largest absolute Gasteiger partial charge is 0.480 e. The van der Waals surface area contributed by atoms with E-state index in [0.717, 1.165) is 10.6 Å². The lowest BCUT2D eigenvalue weighted by Crippen LogP contribution is -2.53. The number of nitrogens with zero attached hydrogens (tertiary/aromatic N) is 3. The van der Waals surface area contributed by atoms with Gasteiger partial charge in [-0.2, -0.15) is 0 Å². The van der Waals surface area contributed by atoms with Crippen molar-refractivity contribution in [1.29, 1.82) is 0 Å². The van der Waals surface area contributed by atoms with Crippen LogP contribution in [-0.4, -0.2) is 57.7 Å². The summed E-state index contributed by atoms with van der Waals surface area (Å²) < 4.78 is 5.14. The molecule has 0 radical (unpaired) electrons. The highest BCUT2D eigenvalue weighted by atomic mass is 32.1. The first-order valence-electron chi connectivity index (χ1n) is 7.10. The van der Waals surface area contributed by atoms with Crippen LogP contribution in [0, 0.1) is 0 Å². The second-order valence-corrected chi connectivity index (χ2v) is 5.94. The topological polar surface area (TPSA) is 92.6 Å². The minimum atomic E-state index is -1.05. The molecule has 3 heterocycles. The van der Waals surface area contributed by atoms with Gasteiger partial charge in [-0.15, -0.1) is 11.3 Å². The number of carbonyl (C=O) groups is 2. The smallest absolute Gasteiger partial charge is 0.328 e. The van der Waals surface area contributed by atoms with E-state index >= 15 is 0 Å². The molecule has 8 heteroatoms. The molecular weight excluding hydrogens is 318 g/mol. The van der Waals surface area contributed by atoms with Gasteiger partial charge in [0.15, 0.2) is 6.04 Å². The average molecular weight is 333 g/mol. The van der Waals surface area contributed by atoms with Crippen molar-refractivity contribution < 1.29 is 19.4 Å². The summed E-state index contributed by atoms with van der Waals surface area (Å²) in [4.78, 5) is 33.4. The van der Waals surface area contributed by atoms with E-state index in [1.165, 1.54) is 16.2 Å². The highest BCUT2D eigenvalue weighted by Crippen LogP contribution is 2.23. The molecule has 1 aliphatic rings. The molecule has 0 saturated carbocycles. The fourth-order valence-corrected chi connectivity index (χ4v) is 3.18. The Hall–Kier alpha value is -2.32. The number of carboxylic acid groups (broad SMARTS) is 1. The summed E-state index contributed by atoms with van der Waals surface area (Å²) in [5.41, 5.74) is 1.53. The Morgan fingerprint density at radius 2 is 2.35 bits per heavy atom. The third kappa shape index (κ3) is 3.54. The molecule has 7 nitrogen and oxygen atoms in total. The Balaban J connectivity index is 1.70. The second kappa shape index (κ2) is 6.84. The first-order valence-corrected chi connectivity index (χ1v) is 7.98. The van der Waals surface area contributed by atoms with Gasteiger partial charge in [-0.05, 0) is 12.1 Å². The van der Waals surface area contributed by atoms with Crippen molar-refractivity contribution in [2.45, 2.75) is 12.5 Å². The summed E-state index contributed by atoms with van der Waals surface area (Å²) in [6.07, 6.45) is 3.49. The van der Waals surface area contributed by atoms with E-state index in [1.54, 1.807) is 12.4 Å². The summed E-state index contributed by atoms with van der Waals surface area (Å²) in [6, 6.07) is 2.81. The Labute approximate surface area is 136 Å². The summed E-state index contributed by atoms with van der Waals surface area (Å²) in [5.74, 6) is -1.30. The molecular formula is C15H15N3O4S. The van der Waals surface area contributed by atoms with E-state index in [1.807, 2.05) is 17.5 Å². The summed E-state index contributed by atoms with van der Waals surface area (Å²) in [6.45, 7) is 0.669. The molecule has 23 heavy (non-hydrogen) atoms. The van der Waals surface area contributed by atoms with Gasteiger partial charge in [-0.25, -0.2) is 9.78 Å². The molecule has 1 amide bonds. The van der Waals surface area contributed by atoms with Crippen molar-refractivity contribution in [2.24, 2.45) is 0 Å². The van der Waals surface area contributed by atoms with Crippen molar-refractivity contribution >= 4 is 23.2 Å². The number of aromatic nitrogens is 2. The fraction of sp³-hybridized carbons (Fsp3) is 0.333. The Bertz CT molecular complexity index is 704. The van der Waals surface area contributed by atoms with Crippen molar-refractivity contribution in [3.05, 3.63) is 35.6 Å². The molecule has 0 aromatic carbocycles. The van der Waals surface area contributed by atoms with Gasteiger partial charge in [-0.1, -0.05) is 0 Å². The molecule has 0 bridgehead atoms. The number of thiazole rings is 1. The Morgan fingerprint density at radius 1 is 1.48 bits per heavy atom. The van der Waals surface area contributed by atoms with Crippen molar-refractivity contribution in [3.63, 3.8) is 0 Å². The number of rotatable bonds is 4. The molecule has 1 aliphatic heterocycles. The van der Waals surface area contributed by atoms with Crippen LogP contribution < -0.4 is 0 Å². The van der Waals surface area contributed by atoms with Gasteiger partial charge in [0.25, 0.3) is 0 Å². The zero-order valence-corrected chi connectivity index (χ0v) is 13.0. The second-order valence-electron chi connectivity index (χ2n) is 5.08. The maximum Gasteiger partial charge on any atom is 0.328 e. The van der Waals surface area contributed by atoms with Gasteiger partial charge in [0.05, 0.1) is 25.3 Å². The summed E-state index contributed by atoms with van der Waals surface area (Å²) in [5, 5.41) is 11.8. The van der Waals surface area contributed by atoms with E-state index in [-0.39, 0.29) is 25.5 Å². The van der Waals surface area contributed by atoms with Crippen LogP contribution in [0.5, 0.6) is 0 Å². The maximum atomic E-state index is 12.4. The van der Waals surface area contributed by atoms with Crippen LogP contribution in [-0.2, 0) is 20.7 Å². The monoisotopic (exact) mass is 333 g/mol. The average Bonchev–Trinajstić information content (AvgIpc) is 3.04. The third-order valence-electron chi connectivity index (χ3n) is 3.53. The highest BCUT2D eigenvalue weighted by Gasteiger charge is 2.32. The highest BCUT2D eigenvalue weighted by molar-refractivity contribution is 7.13. The molecule has 2 aromatic rings. The van der Waals surface area contributed by atoms with Gasteiger partial charge < -0.3 is 14.7 Å². The number of amides is 1. The molecule has 1 fully saturated rings. The zero-order chi connectivity index (χ0) is 16.2.